The van der Waals surface area contributed by atoms with Gasteiger partial charge in [-0.2, -0.15) is 0 Å². The van der Waals surface area contributed by atoms with Crippen LogP contribution >= 0.6 is 11.6 Å². The maximum absolute atomic E-state index is 12.5. The van der Waals surface area contributed by atoms with Crippen LogP contribution in [0.25, 0.3) is 6.08 Å². The van der Waals surface area contributed by atoms with Crippen molar-refractivity contribution < 1.29 is 9.59 Å². The first-order chi connectivity index (χ1) is 15.6. The number of carbonyl (C=O) groups excluding carboxylic acids is 2. The highest BCUT2D eigenvalue weighted by Gasteiger charge is 2.21. The predicted octanol–water partition coefficient (Wildman–Crippen LogP) is 4.95. The van der Waals surface area contributed by atoms with Crippen LogP contribution in [-0.2, 0) is 4.79 Å². The van der Waals surface area contributed by atoms with Gasteiger partial charge in [-0.25, -0.2) is 0 Å². The number of rotatable bonds is 5. The van der Waals surface area contributed by atoms with Crippen molar-refractivity contribution in [1.29, 1.82) is 0 Å². The fourth-order valence-electron chi connectivity index (χ4n) is 3.64. The normalized spacial score (nSPS) is 13.9. The van der Waals surface area contributed by atoms with E-state index in [0.717, 1.165) is 11.3 Å². The van der Waals surface area contributed by atoms with Gasteiger partial charge in [0.15, 0.2) is 0 Å². The third kappa shape index (κ3) is 5.37. The highest BCUT2D eigenvalue weighted by atomic mass is 35.5. The number of nitrogens with one attached hydrogen (secondary N) is 1. The molecule has 162 valence electrons. The number of benzene rings is 3. The number of nitrogens with zero attached hydrogens (tertiary/aromatic N) is 2. The summed E-state index contributed by atoms with van der Waals surface area (Å²) in [4.78, 5) is 28.9. The van der Waals surface area contributed by atoms with Crippen LogP contribution in [-0.4, -0.2) is 42.9 Å². The first-order valence-electron chi connectivity index (χ1n) is 10.5. The fourth-order valence-corrected chi connectivity index (χ4v) is 3.94. The third-order valence-corrected chi connectivity index (χ3v) is 5.69. The second kappa shape index (κ2) is 10.2. The van der Waals surface area contributed by atoms with Gasteiger partial charge >= 0.3 is 0 Å². The van der Waals surface area contributed by atoms with Gasteiger partial charge in [0.2, 0.25) is 5.91 Å². The van der Waals surface area contributed by atoms with Crippen LogP contribution in [0.1, 0.15) is 15.9 Å². The molecule has 0 unspecified atom stereocenters. The van der Waals surface area contributed by atoms with Crippen molar-refractivity contribution >= 4 is 40.9 Å². The lowest BCUT2D eigenvalue weighted by molar-refractivity contribution is -0.126. The molecule has 3 aromatic carbocycles. The van der Waals surface area contributed by atoms with Gasteiger partial charge in [0, 0.05) is 43.5 Å². The van der Waals surface area contributed by atoms with Gasteiger partial charge in [-0.15, -0.1) is 0 Å². The number of piperazine rings is 1. The Kier molecular flexibility index (Phi) is 6.87. The van der Waals surface area contributed by atoms with Gasteiger partial charge < -0.3 is 15.1 Å². The maximum atomic E-state index is 12.5. The fraction of sp³-hybridized carbons (Fsp3) is 0.154. The average Bonchev–Trinajstić information content (AvgIpc) is 2.84. The molecule has 1 heterocycles. The van der Waals surface area contributed by atoms with E-state index in [-0.39, 0.29) is 11.8 Å². The molecule has 32 heavy (non-hydrogen) atoms. The molecule has 1 saturated heterocycles. The van der Waals surface area contributed by atoms with Crippen LogP contribution in [0.15, 0.2) is 84.9 Å². The molecule has 4 rings (SSSR count). The molecule has 0 radical (unpaired) electrons. The molecular weight excluding hydrogens is 422 g/mol. The Labute approximate surface area is 192 Å². The molecule has 5 nitrogen and oxygen atoms in total. The highest BCUT2D eigenvalue weighted by Crippen LogP contribution is 2.30. The van der Waals surface area contributed by atoms with Crippen molar-refractivity contribution in [3.05, 3.63) is 101 Å². The molecular formula is C26H24ClN3O2. The number of amides is 2. The summed E-state index contributed by atoms with van der Waals surface area (Å²) in [6, 6.07) is 24.4. The zero-order valence-electron chi connectivity index (χ0n) is 17.6. The summed E-state index contributed by atoms with van der Waals surface area (Å²) in [6.07, 6.45) is 3.47. The summed E-state index contributed by atoms with van der Waals surface area (Å²) >= 11 is 6.52. The first kappa shape index (κ1) is 21.7. The summed E-state index contributed by atoms with van der Waals surface area (Å²) in [7, 11) is 0. The summed E-state index contributed by atoms with van der Waals surface area (Å²) in [5.41, 5.74) is 3.14. The second-order valence-electron chi connectivity index (χ2n) is 7.54. The van der Waals surface area contributed by atoms with E-state index in [0.29, 0.717) is 42.5 Å². The molecule has 6 heteroatoms. The van der Waals surface area contributed by atoms with Gasteiger partial charge in [-0.05, 0) is 42.0 Å². The Hall–Kier alpha value is -3.57. The minimum atomic E-state index is -0.176. The van der Waals surface area contributed by atoms with E-state index < -0.39 is 0 Å². The topological polar surface area (TPSA) is 52.7 Å². The molecule has 0 atom stereocenters. The lowest BCUT2D eigenvalue weighted by Crippen LogP contribution is -2.48. The molecule has 1 N–H and O–H groups in total. The Morgan fingerprint density at radius 3 is 2.16 bits per heavy atom. The lowest BCUT2D eigenvalue weighted by Gasteiger charge is -2.36. The van der Waals surface area contributed by atoms with Crippen molar-refractivity contribution in [2.24, 2.45) is 0 Å². The van der Waals surface area contributed by atoms with Crippen molar-refractivity contribution in [2.45, 2.75) is 0 Å². The quantitative estimate of drug-likeness (QED) is 0.565. The minimum absolute atomic E-state index is 0.0126. The average molecular weight is 446 g/mol. The monoisotopic (exact) mass is 445 g/mol. The van der Waals surface area contributed by atoms with Crippen LogP contribution in [0.2, 0.25) is 5.02 Å². The van der Waals surface area contributed by atoms with Crippen molar-refractivity contribution in [3.63, 3.8) is 0 Å². The molecule has 0 saturated carbocycles. The Morgan fingerprint density at radius 1 is 0.844 bits per heavy atom. The molecule has 0 spiro atoms. The highest BCUT2D eigenvalue weighted by molar-refractivity contribution is 6.33. The van der Waals surface area contributed by atoms with Crippen LogP contribution in [0.3, 0.4) is 0 Å². The standard InChI is InChI=1S/C26H24ClN3O2/c27-23-19-22(28-26(32)21-9-5-2-6-10-21)12-13-24(23)29-15-17-30(18-16-29)25(31)14-11-20-7-3-1-4-8-20/h1-14,19H,15-18H2,(H,28,32)/b14-11+. The van der Waals surface area contributed by atoms with Crippen LogP contribution in [0.5, 0.6) is 0 Å². The molecule has 1 aliphatic rings. The Bertz CT molecular complexity index is 1110. The van der Waals surface area contributed by atoms with Crippen molar-refractivity contribution in [2.75, 3.05) is 36.4 Å². The first-order valence-corrected chi connectivity index (χ1v) is 10.9. The van der Waals surface area contributed by atoms with E-state index in [4.69, 9.17) is 11.6 Å². The Morgan fingerprint density at radius 2 is 1.50 bits per heavy atom. The molecule has 3 aromatic rings. The van der Waals surface area contributed by atoms with E-state index in [1.807, 2.05) is 71.6 Å². The summed E-state index contributed by atoms with van der Waals surface area (Å²) < 4.78 is 0. The lowest BCUT2D eigenvalue weighted by atomic mass is 10.2. The molecule has 0 aliphatic carbocycles. The molecule has 1 aliphatic heterocycles. The van der Waals surface area contributed by atoms with E-state index in [2.05, 4.69) is 10.2 Å². The van der Waals surface area contributed by atoms with Crippen molar-refractivity contribution in [1.82, 2.24) is 4.90 Å². The number of hydrogen-bond acceptors (Lipinski definition) is 3. The van der Waals surface area contributed by atoms with Gasteiger partial charge in [-0.3, -0.25) is 9.59 Å². The van der Waals surface area contributed by atoms with Gasteiger partial charge in [0.05, 0.1) is 10.7 Å². The molecule has 0 bridgehead atoms. The molecule has 0 aromatic heterocycles. The smallest absolute Gasteiger partial charge is 0.255 e. The van der Waals surface area contributed by atoms with Gasteiger partial charge in [-0.1, -0.05) is 60.1 Å². The van der Waals surface area contributed by atoms with Gasteiger partial charge in [0.1, 0.15) is 0 Å². The van der Waals surface area contributed by atoms with Crippen LogP contribution in [0, 0.1) is 0 Å². The van der Waals surface area contributed by atoms with Crippen LogP contribution < -0.4 is 10.2 Å². The molecule has 1 fully saturated rings. The van der Waals surface area contributed by atoms with E-state index >= 15 is 0 Å². The molecule has 2 amide bonds. The SMILES string of the molecule is O=C(Nc1ccc(N2CCN(C(=O)/C=C/c3ccccc3)CC2)c(Cl)c1)c1ccccc1. The number of anilines is 2. The Balaban J connectivity index is 1.34. The van der Waals surface area contributed by atoms with Gasteiger partial charge in [0.25, 0.3) is 5.91 Å². The predicted molar refractivity (Wildman–Crippen MR) is 130 cm³/mol. The van der Waals surface area contributed by atoms with E-state index in [9.17, 15) is 9.59 Å². The summed E-state index contributed by atoms with van der Waals surface area (Å²) in [5, 5.41) is 3.45. The summed E-state index contributed by atoms with van der Waals surface area (Å²) in [5.74, 6) is -0.163. The number of halogens is 1. The van der Waals surface area contributed by atoms with E-state index in [1.54, 1.807) is 24.3 Å². The zero-order chi connectivity index (χ0) is 22.3. The zero-order valence-corrected chi connectivity index (χ0v) is 18.3. The number of hydrogen-bond donors (Lipinski definition) is 1. The second-order valence-corrected chi connectivity index (χ2v) is 7.95. The van der Waals surface area contributed by atoms with Crippen LogP contribution in [0.4, 0.5) is 11.4 Å². The largest absolute Gasteiger partial charge is 0.367 e. The summed E-state index contributed by atoms with van der Waals surface area (Å²) in [6.45, 7) is 2.64. The number of carbonyl (C=O) groups is 2. The third-order valence-electron chi connectivity index (χ3n) is 5.39. The maximum Gasteiger partial charge on any atom is 0.255 e. The minimum Gasteiger partial charge on any atom is -0.367 e. The van der Waals surface area contributed by atoms with E-state index in [1.165, 1.54) is 0 Å². The van der Waals surface area contributed by atoms with Crippen molar-refractivity contribution in [3.8, 4) is 0 Å².